The summed E-state index contributed by atoms with van der Waals surface area (Å²) in [6.45, 7) is 7.96. The normalized spacial score (nSPS) is 11.1. The van der Waals surface area contributed by atoms with Gasteiger partial charge in [-0.2, -0.15) is 0 Å². The number of thiol groups is 1. The molecule has 1 aromatic carbocycles. The first-order valence-corrected chi connectivity index (χ1v) is 7.14. The summed E-state index contributed by atoms with van der Waals surface area (Å²) in [5, 5.41) is 2.96. The van der Waals surface area contributed by atoms with Gasteiger partial charge in [0.25, 0.3) is 5.91 Å². The maximum Gasteiger partial charge on any atom is 0.251 e. The molecule has 1 rings (SSSR count). The predicted octanol–water partition coefficient (Wildman–Crippen LogP) is 2.74. The van der Waals surface area contributed by atoms with E-state index in [1.165, 1.54) is 0 Å². The molecule has 0 aromatic heterocycles. The lowest BCUT2D eigenvalue weighted by atomic mass is 10.1. The Morgan fingerprint density at radius 3 is 2.74 bits per heavy atom. The SMILES string of the molecule is Cc1ccc(S)cc1C(=O)NCCCN(C)C(C)C. The van der Waals surface area contributed by atoms with Crippen molar-refractivity contribution in [1.29, 1.82) is 0 Å². The number of carbonyl (C=O) groups is 1. The zero-order chi connectivity index (χ0) is 14.4. The van der Waals surface area contributed by atoms with E-state index in [-0.39, 0.29) is 5.91 Å². The molecule has 3 nitrogen and oxygen atoms in total. The summed E-state index contributed by atoms with van der Waals surface area (Å²) in [7, 11) is 2.10. The predicted molar refractivity (Wildman–Crippen MR) is 83.1 cm³/mol. The summed E-state index contributed by atoms with van der Waals surface area (Å²) in [5.41, 5.74) is 1.69. The highest BCUT2D eigenvalue weighted by molar-refractivity contribution is 7.80. The van der Waals surface area contributed by atoms with E-state index in [1.807, 2.05) is 25.1 Å². The average Bonchev–Trinajstić information content (AvgIpc) is 2.36. The number of aryl methyl sites for hydroxylation is 1. The van der Waals surface area contributed by atoms with Crippen molar-refractivity contribution in [1.82, 2.24) is 10.2 Å². The molecular weight excluding hydrogens is 256 g/mol. The second kappa shape index (κ2) is 7.56. The minimum atomic E-state index is -0.0133. The van der Waals surface area contributed by atoms with E-state index in [1.54, 1.807) is 0 Å². The first-order valence-electron chi connectivity index (χ1n) is 6.70. The van der Waals surface area contributed by atoms with Crippen LogP contribution in [0.4, 0.5) is 0 Å². The van der Waals surface area contributed by atoms with E-state index in [9.17, 15) is 4.79 Å². The molecule has 0 saturated heterocycles. The second-order valence-electron chi connectivity index (χ2n) is 5.18. The van der Waals surface area contributed by atoms with Crippen molar-refractivity contribution >= 4 is 18.5 Å². The number of nitrogens with one attached hydrogen (secondary N) is 1. The van der Waals surface area contributed by atoms with Crippen molar-refractivity contribution in [3.63, 3.8) is 0 Å². The van der Waals surface area contributed by atoms with E-state index in [4.69, 9.17) is 0 Å². The molecule has 0 radical (unpaired) electrons. The number of benzene rings is 1. The fourth-order valence-corrected chi connectivity index (χ4v) is 1.94. The quantitative estimate of drug-likeness (QED) is 0.620. The first kappa shape index (κ1) is 16.1. The van der Waals surface area contributed by atoms with Crippen molar-refractivity contribution in [3.05, 3.63) is 29.3 Å². The summed E-state index contributed by atoms with van der Waals surface area (Å²) < 4.78 is 0. The van der Waals surface area contributed by atoms with E-state index in [0.717, 1.165) is 23.4 Å². The standard InChI is InChI=1S/C15H24N2OS/c1-11(2)17(4)9-5-8-16-15(18)14-10-13(19)7-6-12(14)3/h6-7,10-11,19H,5,8-9H2,1-4H3,(H,16,18). The molecule has 106 valence electrons. The molecule has 0 saturated carbocycles. The van der Waals surface area contributed by atoms with E-state index in [2.05, 4.69) is 43.7 Å². The van der Waals surface area contributed by atoms with Gasteiger partial charge in [-0.05, 0) is 58.5 Å². The molecule has 1 amide bonds. The van der Waals surface area contributed by atoms with Gasteiger partial charge < -0.3 is 10.2 Å². The lowest BCUT2D eigenvalue weighted by Crippen LogP contribution is -2.31. The van der Waals surface area contributed by atoms with Gasteiger partial charge in [0.05, 0.1) is 0 Å². The molecule has 0 unspecified atom stereocenters. The highest BCUT2D eigenvalue weighted by atomic mass is 32.1. The number of amides is 1. The van der Waals surface area contributed by atoms with Crippen LogP contribution in [0.2, 0.25) is 0 Å². The minimum Gasteiger partial charge on any atom is -0.352 e. The molecule has 0 spiro atoms. The van der Waals surface area contributed by atoms with Gasteiger partial charge >= 0.3 is 0 Å². The van der Waals surface area contributed by atoms with Crippen LogP contribution in [0.5, 0.6) is 0 Å². The van der Waals surface area contributed by atoms with Crippen LogP contribution >= 0.6 is 12.6 Å². The van der Waals surface area contributed by atoms with Crippen LogP contribution in [-0.4, -0.2) is 37.0 Å². The van der Waals surface area contributed by atoms with Gasteiger partial charge in [0.1, 0.15) is 0 Å². The average molecular weight is 280 g/mol. The summed E-state index contributed by atoms with van der Waals surface area (Å²) in [4.78, 5) is 15.1. The molecule has 1 aromatic rings. The number of nitrogens with zero attached hydrogens (tertiary/aromatic N) is 1. The van der Waals surface area contributed by atoms with Crippen LogP contribution in [0.15, 0.2) is 23.1 Å². The topological polar surface area (TPSA) is 32.3 Å². The molecule has 0 atom stereocenters. The van der Waals surface area contributed by atoms with Gasteiger partial charge in [0.2, 0.25) is 0 Å². The maximum absolute atomic E-state index is 12.0. The van der Waals surface area contributed by atoms with Crippen molar-refractivity contribution in [2.45, 2.75) is 38.1 Å². The van der Waals surface area contributed by atoms with Gasteiger partial charge in [-0.15, -0.1) is 12.6 Å². The maximum atomic E-state index is 12.0. The molecular formula is C15H24N2OS. The molecule has 4 heteroatoms. The fourth-order valence-electron chi connectivity index (χ4n) is 1.74. The van der Waals surface area contributed by atoms with E-state index >= 15 is 0 Å². The fraction of sp³-hybridized carbons (Fsp3) is 0.533. The van der Waals surface area contributed by atoms with E-state index in [0.29, 0.717) is 18.2 Å². The monoisotopic (exact) mass is 280 g/mol. The highest BCUT2D eigenvalue weighted by Gasteiger charge is 2.09. The Morgan fingerprint density at radius 1 is 1.42 bits per heavy atom. The van der Waals surface area contributed by atoms with Crippen molar-refractivity contribution in [2.75, 3.05) is 20.1 Å². The minimum absolute atomic E-state index is 0.0133. The number of hydrogen-bond acceptors (Lipinski definition) is 3. The third-order valence-corrected chi connectivity index (χ3v) is 3.60. The number of rotatable bonds is 6. The lowest BCUT2D eigenvalue weighted by molar-refractivity contribution is 0.0951. The highest BCUT2D eigenvalue weighted by Crippen LogP contribution is 2.13. The van der Waals surface area contributed by atoms with Gasteiger partial charge in [0, 0.05) is 23.0 Å². The Balaban J connectivity index is 2.41. The zero-order valence-electron chi connectivity index (χ0n) is 12.2. The molecule has 1 N–H and O–H groups in total. The molecule has 19 heavy (non-hydrogen) atoms. The van der Waals surface area contributed by atoms with E-state index < -0.39 is 0 Å². The summed E-state index contributed by atoms with van der Waals surface area (Å²) >= 11 is 4.27. The molecule has 0 aliphatic rings. The summed E-state index contributed by atoms with van der Waals surface area (Å²) in [6.07, 6.45) is 0.958. The van der Waals surface area contributed by atoms with Crippen LogP contribution < -0.4 is 5.32 Å². The third-order valence-electron chi connectivity index (χ3n) is 3.32. The molecule has 0 aliphatic carbocycles. The van der Waals surface area contributed by atoms with Crippen molar-refractivity contribution < 1.29 is 4.79 Å². The molecule has 0 heterocycles. The number of hydrogen-bond donors (Lipinski definition) is 2. The van der Waals surface area contributed by atoms with Crippen LogP contribution in [0.25, 0.3) is 0 Å². The second-order valence-corrected chi connectivity index (χ2v) is 5.70. The van der Waals surface area contributed by atoms with Crippen LogP contribution in [0.1, 0.15) is 36.2 Å². The zero-order valence-corrected chi connectivity index (χ0v) is 13.1. The van der Waals surface area contributed by atoms with Gasteiger partial charge in [-0.25, -0.2) is 0 Å². The van der Waals surface area contributed by atoms with Crippen LogP contribution in [-0.2, 0) is 0 Å². The molecule has 0 aliphatic heterocycles. The van der Waals surface area contributed by atoms with Crippen LogP contribution in [0, 0.1) is 6.92 Å². The van der Waals surface area contributed by atoms with Crippen molar-refractivity contribution in [2.24, 2.45) is 0 Å². The summed E-state index contributed by atoms with van der Waals surface area (Å²) in [6, 6.07) is 6.17. The smallest absolute Gasteiger partial charge is 0.251 e. The lowest BCUT2D eigenvalue weighted by Gasteiger charge is -2.20. The Labute approximate surface area is 121 Å². The van der Waals surface area contributed by atoms with Crippen LogP contribution in [0.3, 0.4) is 0 Å². The first-order chi connectivity index (χ1) is 8.91. The van der Waals surface area contributed by atoms with Crippen molar-refractivity contribution in [3.8, 4) is 0 Å². The Bertz CT molecular complexity index is 432. The molecule has 0 fully saturated rings. The Kier molecular flexibility index (Phi) is 6.38. The largest absolute Gasteiger partial charge is 0.352 e. The Morgan fingerprint density at radius 2 is 2.11 bits per heavy atom. The van der Waals surface area contributed by atoms with Gasteiger partial charge in [-0.1, -0.05) is 6.07 Å². The van der Waals surface area contributed by atoms with Gasteiger partial charge in [0.15, 0.2) is 0 Å². The Hall–Kier alpha value is -1.00. The number of carbonyl (C=O) groups excluding carboxylic acids is 1. The summed E-state index contributed by atoms with van der Waals surface area (Å²) in [5.74, 6) is -0.0133. The molecule has 0 bridgehead atoms. The van der Waals surface area contributed by atoms with Gasteiger partial charge in [-0.3, -0.25) is 4.79 Å². The third kappa shape index (κ3) is 5.25.